The summed E-state index contributed by atoms with van der Waals surface area (Å²) in [7, 11) is 0. The van der Waals surface area contributed by atoms with E-state index in [-0.39, 0.29) is 23.0 Å². The second-order valence-electron chi connectivity index (χ2n) is 2.75. The highest BCUT2D eigenvalue weighted by molar-refractivity contribution is 6.31. The zero-order chi connectivity index (χ0) is 10.7. The molecular weight excluding hydrogens is 210 g/mol. The summed E-state index contributed by atoms with van der Waals surface area (Å²) in [6, 6.07) is 0.0376. The fraction of sp³-hybridized carbons (Fsp3) is 0.429. The number of nitrogens with zero attached hydrogens (tertiary/aromatic N) is 3. The monoisotopic (exact) mass is 217 g/mol. The first-order chi connectivity index (χ1) is 6.50. The predicted octanol–water partition coefficient (Wildman–Crippen LogP) is 1.83. The summed E-state index contributed by atoms with van der Waals surface area (Å²) in [4.78, 5) is 17.0. The molecule has 0 spiro atoms. The van der Waals surface area contributed by atoms with Crippen LogP contribution in [0.5, 0.6) is 6.01 Å². The van der Waals surface area contributed by atoms with E-state index in [9.17, 15) is 10.1 Å². The van der Waals surface area contributed by atoms with Gasteiger partial charge in [0.05, 0.1) is 11.0 Å². The van der Waals surface area contributed by atoms with Gasteiger partial charge >= 0.3 is 11.7 Å². The average molecular weight is 218 g/mol. The second-order valence-corrected chi connectivity index (χ2v) is 3.11. The lowest BCUT2D eigenvalue weighted by Gasteiger charge is -2.06. The van der Waals surface area contributed by atoms with Crippen molar-refractivity contribution in [3.8, 4) is 6.01 Å². The molecular formula is C7H8ClN3O3. The van der Waals surface area contributed by atoms with Gasteiger partial charge in [-0.05, 0) is 13.8 Å². The summed E-state index contributed by atoms with van der Waals surface area (Å²) in [6.07, 6.45) is 0.917. The fourth-order valence-corrected chi connectivity index (χ4v) is 0.920. The van der Waals surface area contributed by atoms with E-state index in [0.717, 1.165) is 6.20 Å². The van der Waals surface area contributed by atoms with Crippen LogP contribution in [-0.2, 0) is 0 Å². The number of nitro groups is 1. The Hall–Kier alpha value is -1.43. The SMILES string of the molecule is CC(C)Oc1ncc([N+](=O)[O-])c(Cl)n1. The highest BCUT2D eigenvalue weighted by Crippen LogP contribution is 2.22. The maximum absolute atomic E-state index is 10.4. The molecule has 1 heterocycles. The maximum atomic E-state index is 10.4. The minimum absolute atomic E-state index is 0.0376. The number of ether oxygens (including phenoxy) is 1. The third-order valence-corrected chi connectivity index (χ3v) is 1.52. The van der Waals surface area contributed by atoms with Gasteiger partial charge < -0.3 is 4.74 Å². The van der Waals surface area contributed by atoms with Crippen molar-refractivity contribution in [3.05, 3.63) is 21.5 Å². The van der Waals surface area contributed by atoms with E-state index in [1.807, 2.05) is 0 Å². The predicted molar refractivity (Wildman–Crippen MR) is 49.5 cm³/mol. The van der Waals surface area contributed by atoms with Gasteiger partial charge in [-0.1, -0.05) is 11.6 Å². The molecule has 0 unspecified atom stereocenters. The molecule has 0 aromatic carbocycles. The largest absolute Gasteiger partial charge is 0.461 e. The summed E-state index contributed by atoms with van der Waals surface area (Å²) in [5, 5.41) is 10.1. The first kappa shape index (κ1) is 10.6. The molecule has 0 amide bonds. The van der Waals surface area contributed by atoms with Gasteiger partial charge in [-0.25, -0.2) is 0 Å². The van der Waals surface area contributed by atoms with Crippen molar-refractivity contribution >= 4 is 17.3 Å². The third-order valence-electron chi connectivity index (χ3n) is 1.24. The Morgan fingerprint density at radius 1 is 1.64 bits per heavy atom. The molecule has 76 valence electrons. The van der Waals surface area contributed by atoms with Crippen LogP contribution in [0.3, 0.4) is 0 Å². The van der Waals surface area contributed by atoms with E-state index in [2.05, 4.69) is 9.97 Å². The van der Waals surface area contributed by atoms with Crippen LogP contribution in [0.2, 0.25) is 5.15 Å². The smallest absolute Gasteiger partial charge is 0.324 e. The van der Waals surface area contributed by atoms with E-state index in [1.54, 1.807) is 13.8 Å². The quantitative estimate of drug-likeness (QED) is 0.438. The van der Waals surface area contributed by atoms with Crippen molar-refractivity contribution in [2.75, 3.05) is 0 Å². The molecule has 0 saturated carbocycles. The molecule has 7 heteroatoms. The zero-order valence-corrected chi connectivity index (χ0v) is 8.35. The normalized spacial score (nSPS) is 10.3. The lowest BCUT2D eigenvalue weighted by Crippen LogP contribution is -2.08. The fourth-order valence-electron chi connectivity index (χ4n) is 0.730. The number of hydrogen-bond acceptors (Lipinski definition) is 5. The molecule has 1 aromatic rings. The standard InChI is InChI=1S/C7H8ClN3O3/c1-4(2)14-7-9-3-5(11(12)13)6(8)10-7/h3-4H,1-2H3. The highest BCUT2D eigenvalue weighted by Gasteiger charge is 2.15. The van der Waals surface area contributed by atoms with Crippen molar-refractivity contribution < 1.29 is 9.66 Å². The maximum Gasteiger partial charge on any atom is 0.324 e. The van der Waals surface area contributed by atoms with Crippen molar-refractivity contribution in [2.45, 2.75) is 20.0 Å². The second kappa shape index (κ2) is 4.19. The summed E-state index contributed by atoms with van der Waals surface area (Å²) in [5.41, 5.74) is -0.331. The first-order valence-electron chi connectivity index (χ1n) is 3.84. The van der Waals surface area contributed by atoms with Gasteiger partial charge in [0.1, 0.15) is 6.20 Å². The molecule has 0 N–H and O–H groups in total. The van der Waals surface area contributed by atoms with Crippen LogP contribution in [0.1, 0.15) is 13.8 Å². The Bertz CT molecular complexity index is 356. The summed E-state index contributed by atoms with van der Waals surface area (Å²) < 4.78 is 5.10. The van der Waals surface area contributed by atoms with Gasteiger partial charge in [0.2, 0.25) is 5.15 Å². The molecule has 0 atom stereocenters. The van der Waals surface area contributed by atoms with Gasteiger partial charge in [0.25, 0.3) is 0 Å². The molecule has 0 aliphatic rings. The van der Waals surface area contributed by atoms with Crippen molar-refractivity contribution in [1.82, 2.24) is 9.97 Å². The molecule has 1 aromatic heterocycles. The van der Waals surface area contributed by atoms with Crippen LogP contribution in [0.4, 0.5) is 5.69 Å². The molecule has 0 saturated heterocycles. The molecule has 0 aliphatic heterocycles. The summed E-state index contributed by atoms with van der Waals surface area (Å²) in [5.74, 6) is 0. The Morgan fingerprint density at radius 2 is 2.29 bits per heavy atom. The minimum atomic E-state index is -0.651. The van der Waals surface area contributed by atoms with Crippen LogP contribution in [-0.4, -0.2) is 21.0 Å². The topological polar surface area (TPSA) is 78.2 Å². The number of rotatable bonds is 3. The van der Waals surface area contributed by atoms with Gasteiger partial charge in [0, 0.05) is 0 Å². The minimum Gasteiger partial charge on any atom is -0.461 e. The molecule has 6 nitrogen and oxygen atoms in total. The van der Waals surface area contributed by atoms with E-state index < -0.39 is 4.92 Å². The molecule has 0 radical (unpaired) electrons. The van der Waals surface area contributed by atoms with E-state index in [0.29, 0.717) is 0 Å². The van der Waals surface area contributed by atoms with Gasteiger partial charge in [-0.3, -0.25) is 10.1 Å². The van der Waals surface area contributed by atoms with Gasteiger partial charge in [-0.15, -0.1) is 0 Å². The molecule has 1 rings (SSSR count). The molecule has 14 heavy (non-hydrogen) atoms. The first-order valence-corrected chi connectivity index (χ1v) is 4.22. The van der Waals surface area contributed by atoms with Crippen LogP contribution < -0.4 is 4.74 Å². The highest BCUT2D eigenvalue weighted by atomic mass is 35.5. The average Bonchev–Trinajstić information content (AvgIpc) is 2.01. The number of hydrogen-bond donors (Lipinski definition) is 0. The van der Waals surface area contributed by atoms with E-state index in [1.165, 1.54) is 0 Å². The summed E-state index contributed by atoms with van der Waals surface area (Å²) >= 11 is 5.54. The lowest BCUT2D eigenvalue weighted by molar-refractivity contribution is -0.385. The zero-order valence-electron chi connectivity index (χ0n) is 7.60. The molecule has 0 bridgehead atoms. The van der Waals surface area contributed by atoms with E-state index >= 15 is 0 Å². The third kappa shape index (κ3) is 2.53. The summed E-state index contributed by atoms with van der Waals surface area (Å²) in [6.45, 7) is 3.58. The van der Waals surface area contributed by atoms with Crippen LogP contribution in [0, 0.1) is 10.1 Å². The number of aromatic nitrogens is 2. The van der Waals surface area contributed by atoms with Crippen LogP contribution in [0.25, 0.3) is 0 Å². The van der Waals surface area contributed by atoms with Crippen molar-refractivity contribution in [2.24, 2.45) is 0 Å². The molecule has 0 aliphatic carbocycles. The van der Waals surface area contributed by atoms with Gasteiger partial charge in [0.15, 0.2) is 0 Å². The van der Waals surface area contributed by atoms with E-state index in [4.69, 9.17) is 16.3 Å². The van der Waals surface area contributed by atoms with Crippen LogP contribution >= 0.6 is 11.6 Å². The number of halogens is 1. The Kier molecular flexibility index (Phi) is 3.19. The van der Waals surface area contributed by atoms with Gasteiger partial charge in [-0.2, -0.15) is 9.97 Å². The lowest BCUT2D eigenvalue weighted by atomic mass is 10.5. The molecule has 0 fully saturated rings. The van der Waals surface area contributed by atoms with Crippen molar-refractivity contribution in [1.29, 1.82) is 0 Å². The Balaban J connectivity index is 2.94. The Labute approximate surface area is 85.0 Å². The Morgan fingerprint density at radius 3 is 2.71 bits per heavy atom. The van der Waals surface area contributed by atoms with Crippen molar-refractivity contribution in [3.63, 3.8) is 0 Å². The van der Waals surface area contributed by atoms with Crippen LogP contribution in [0.15, 0.2) is 6.20 Å².